The van der Waals surface area contributed by atoms with E-state index in [9.17, 15) is 9.59 Å². The molecule has 2 aromatic carbocycles. The van der Waals surface area contributed by atoms with Crippen molar-refractivity contribution < 1.29 is 9.59 Å². The van der Waals surface area contributed by atoms with E-state index in [1.807, 2.05) is 30.3 Å². The molecule has 0 spiro atoms. The van der Waals surface area contributed by atoms with E-state index in [2.05, 4.69) is 15.3 Å². The Morgan fingerprint density at radius 1 is 1.08 bits per heavy atom. The van der Waals surface area contributed by atoms with Gasteiger partial charge in [-0.25, -0.2) is 4.98 Å². The molecule has 0 radical (unpaired) electrons. The quantitative estimate of drug-likeness (QED) is 0.515. The number of hydrogen-bond acceptors (Lipinski definition) is 4. The molecule has 6 heteroatoms. The largest absolute Gasteiger partial charge is 0.353 e. The van der Waals surface area contributed by atoms with E-state index in [0.717, 1.165) is 21.6 Å². The number of carbonyl (C=O) groups excluding carboxylic acids is 2. The number of nitrogens with zero attached hydrogens (tertiary/aromatic N) is 1. The third kappa shape index (κ3) is 3.14. The fourth-order valence-electron chi connectivity index (χ4n) is 2.67. The predicted molar refractivity (Wildman–Crippen MR) is 104 cm³/mol. The third-order valence-electron chi connectivity index (χ3n) is 4.05. The number of H-pyrrole nitrogens is 1. The lowest BCUT2D eigenvalue weighted by Crippen LogP contribution is -2.12. The van der Waals surface area contributed by atoms with Crippen LogP contribution in [0.25, 0.3) is 21.6 Å². The Hall–Kier alpha value is -3.25. The molecule has 0 aliphatic heterocycles. The monoisotopic (exact) mass is 361 g/mol. The summed E-state index contributed by atoms with van der Waals surface area (Å²) in [6.45, 7) is 1.51. The summed E-state index contributed by atoms with van der Waals surface area (Å²) in [5.74, 6) is -0.287. The number of hydrogen-bond donors (Lipinski definition) is 2. The van der Waals surface area contributed by atoms with Crippen LogP contribution in [-0.4, -0.2) is 21.7 Å². The fraction of sp³-hybridized carbons (Fsp3) is 0.0500. The van der Waals surface area contributed by atoms with Crippen LogP contribution in [0, 0.1) is 0 Å². The highest BCUT2D eigenvalue weighted by molar-refractivity contribution is 7.13. The van der Waals surface area contributed by atoms with E-state index < -0.39 is 0 Å². The summed E-state index contributed by atoms with van der Waals surface area (Å²) in [4.78, 5) is 31.5. The van der Waals surface area contributed by atoms with Crippen LogP contribution in [0.1, 0.15) is 27.8 Å². The summed E-state index contributed by atoms with van der Waals surface area (Å²) >= 11 is 1.42. The molecule has 0 bridgehead atoms. The van der Waals surface area contributed by atoms with E-state index in [-0.39, 0.29) is 11.7 Å². The second kappa shape index (κ2) is 6.57. The fourth-order valence-corrected chi connectivity index (χ4v) is 3.44. The molecule has 4 aromatic rings. The minimum atomic E-state index is -0.279. The molecular weight excluding hydrogens is 346 g/mol. The molecule has 1 amide bonds. The van der Waals surface area contributed by atoms with Gasteiger partial charge in [0.1, 0.15) is 10.7 Å². The van der Waals surface area contributed by atoms with Crippen molar-refractivity contribution in [1.82, 2.24) is 9.97 Å². The van der Waals surface area contributed by atoms with E-state index in [0.29, 0.717) is 16.9 Å². The van der Waals surface area contributed by atoms with Crippen LogP contribution in [0.5, 0.6) is 0 Å². The highest BCUT2D eigenvalue weighted by atomic mass is 32.1. The van der Waals surface area contributed by atoms with Crippen LogP contribution in [0.15, 0.2) is 60.0 Å². The number of amides is 1. The zero-order valence-corrected chi connectivity index (χ0v) is 14.8. The van der Waals surface area contributed by atoms with Crippen LogP contribution >= 0.6 is 11.3 Å². The average molecular weight is 361 g/mol. The Bertz CT molecular complexity index is 1080. The molecule has 5 nitrogen and oxygen atoms in total. The number of fused-ring (bicyclic) bond motifs is 1. The number of benzene rings is 2. The van der Waals surface area contributed by atoms with E-state index in [4.69, 9.17) is 0 Å². The Morgan fingerprint density at radius 3 is 2.58 bits per heavy atom. The Morgan fingerprint density at radius 2 is 1.85 bits per heavy atom. The highest BCUT2D eigenvalue weighted by Crippen LogP contribution is 2.27. The highest BCUT2D eigenvalue weighted by Gasteiger charge is 2.13. The molecule has 2 aromatic heterocycles. The van der Waals surface area contributed by atoms with Crippen LogP contribution in [0.4, 0.5) is 5.69 Å². The molecule has 0 unspecified atom stereocenters. The Balaban J connectivity index is 1.53. The minimum absolute atomic E-state index is 0.00893. The molecule has 4 rings (SSSR count). The number of nitrogens with one attached hydrogen (secondary N) is 2. The molecule has 0 aliphatic rings. The summed E-state index contributed by atoms with van der Waals surface area (Å²) in [7, 11) is 0. The maximum Gasteiger partial charge on any atom is 0.275 e. The van der Waals surface area contributed by atoms with Gasteiger partial charge in [0.2, 0.25) is 0 Å². The number of aromatic amines is 1. The summed E-state index contributed by atoms with van der Waals surface area (Å²) in [5.41, 5.74) is 3.52. The first-order valence-electron chi connectivity index (χ1n) is 8.06. The van der Waals surface area contributed by atoms with E-state index in [1.165, 1.54) is 18.3 Å². The molecule has 0 fully saturated rings. The molecule has 0 atom stereocenters. The SMILES string of the molecule is CC(=O)c1ccc(NC(=O)c2csc(-c3cc4ccccc4[nH]3)n2)cc1. The smallest absolute Gasteiger partial charge is 0.275 e. The molecule has 0 saturated heterocycles. The molecular formula is C20H15N3O2S. The number of Topliss-reactive ketones (excluding diaryl/α,β-unsaturated/α-hetero) is 1. The molecule has 2 heterocycles. The summed E-state index contributed by atoms with van der Waals surface area (Å²) in [5, 5.41) is 6.40. The number of anilines is 1. The van der Waals surface area contributed by atoms with Gasteiger partial charge in [-0.2, -0.15) is 0 Å². The lowest BCUT2D eigenvalue weighted by molar-refractivity contribution is 0.101. The van der Waals surface area contributed by atoms with Crippen molar-refractivity contribution in [2.24, 2.45) is 0 Å². The lowest BCUT2D eigenvalue weighted by atomic mass is 10.1. The van der Waals surface area contributed by atoms with Crippen molar-refractivity contribution in [2.45, 2.75) is 6.92 Å². The van der Waals surface area contributed by atoms with Crippen molar-refractivity contribution in [2.75, 3.05) is 5.32 Å². The average Bonchev–Trinajstić information content (AvgIpc) is 3.29. The van der Waals surface area contributed by atoms with Gasteiger partial charge >= 0.3 is 0 Å². The molecule has 0 aliphatic carbocycles. The van der Waals surface area contributed by atoms with Gasteiger partial charge in [0.15, 0.2) is 5.78 Å². The Kier molecular flexibility index (Phi) is 4.10. The van der Waals surface area contributed by atoms with Crippen LogP contribution < -0.4 is 5.32 Å². The van der Waals surface area contributed by atoms with Crippen molar-refractivity contribution in [1.29, 1.82) is 0 Å². The number of aromatic nitrogens is 2. The molecule has 2 N–H and O–H groups in total. The van der Waals surface area contributed by atoms with Gasteiger partial charge in [0.05, 0.1) is 5.69 Å². The molecule has 26 heavy (non-hydrogen) atoms. The van der Waals surface area contributed by atoms with Gasteiger partial charge < -0.3 is 10.3 Å². The van der Waals surface area contributed by atoms with Gasteiger partial charge in [-0.05, 0) is 43.3 Å². The second-order valence-electron chi connectivity index (χ2n) is 5.90. The normalized spacial score (nSPS) is 10.8. The molecule has 0 saturated carbocycles. The van der Waals surface area contributed by atoms with Gasteiger partial charge in [0, 0.05) is 27.5 Å². The second-order valence-corrected chi connectivity index (χ2v) is 6.75. The molecule has 128 valence electrons. The van der Waals surface area contributed by atoms with Crippen molar-refractivity contribution in [3.8, 4) is 10.7 Å². The lowest BCUT2D eigenvalue weighted by Gasteiger charge is -2.03. The van der Waals surface area contributed by atoms with Crippen LogP contribution in [-0.2, 0) is 0 Å². The van der Waals surface area contributed by atoms with Gasteiger partial charge in [-0.3, -0.25) is 9.59 Å². The number of ketones is 1. The van der Waals surface area contributed by atoms with Crippen LogP contribution in [0.2, 0.25) is 0 Å². The number of para-hydroxylation sites is 1. The maximum absolute atomic E-state index is 12.4. The summed E-state index contributed by atoms with van der Waals surface area (Å²) in [6, 6.07) is 16.8. The zero-order valence-electron chi connectivity index (χ0n) is 13.9. The van der Waals surface area contributed by atoms with Gasteiger partial charge in [-0.1, -0.05) is 18.2 Å². The number of thiazole rings is 1. The Labute approximate surface area is 153 Å². The number of carbonyl (C=O) groups is 2. The van der Waals surface area contributed by atoms with Gasteiger partial charge in [-0.15, -0.1) is 11.3 Å². The van der Waals surface area contributed by atoms with Crippen molar-refractivity contribution in [3.05, 3.63) is 71.2 Å². The predicted octanol–water partition coefficient (Wildman–Crippen LogP) is 4.75. The topological polar surface area (TPSA) is 74.8 Å². The van der Waals surface area contributed by atoms with Crippen molar-refractivity contribution >= 4 is 39.6 Å². The first-order valence-corrected chi connectivity index (χ1v) is 8.94. The third-order valence-corrected chi connectivity index (χ3v) is 4.92. The summed E-state index contributed by atoms with van der Waals surface area (Å²) in [6.07, 6.45) is 0. The van der Waals surface area contributed by atoms with E-state index >= 15 is 0 Å². The van der Waals surface area contributed by atoms with Crippen LogP contribution in [0.3, 0.4) is 0 Å². The maximum atomic E-state index is 12.4. The first-order chi connectivity index (χ1) is 12.6. The first kappa shape index (κ1) is 16.2. The standard InChI is InChI=1S/C20H15N3O2S/c1-12(24)13-6-8-15(9-7-13)21-19(25)18-11-26-20(23-18)17-10-14-4-2-3-5-16(14)22-17/h2-11,22H,1H3,(H,21,25). The minimum Gasteiger partial charge on any atom is -0.353 e. The zero-order chi connectivity index (χ0) is 18.1. The summed E-state index contributed by atoms with van der Waals surface area (Å²) < 4.78 is 0. The van der Waals surface area contributed by atoms with Crippen molar-refractivity contribution in [3.63, 3.8) is 0 Å². The van der Waals surface area contributed by atoms with E-state index in [1.54, 1.807) is 29.6 Å². The number of rotatable bonds is 4. The van der Waals surface area contributed by atoms with Gasteiger partial charge in [0.25, 0.3) is 5.91 Å².